The fourth-order valence-corrected chi connectivity index (χ4v) is 1.99. The molecule has 0 saturated heterocycles. The molecule has 4 nitrogen and oxygen atoms in total. The molecule has 1 aromatic rings. The fourth-order valence-electron chi connectivity index (χ4n) is 1.99. The molecule has 1 aliphatic rings. The quantitative estimate of drug-likeness (QED) is 0.764. The van der Waals surface area contributed by atoms with E-state index in [0.717, 1.165) is 31.0 Å². The van der Waals surface area contributed by atoms with E-state index in [1.165, 1.54) is 0 Å². The van der Waals surface area contributed by atoms with Crippen LogP contribution in [0.3, 0.4) is 0 Å². The van der Waals surface area contributed by atoms with Crippen LogP contribution in [0.25, 0.3) is 0 Å². The Morgan fingerprint density at radius 2 is 2.29 bits per heavy atom. The summed E-state index contributed by atoms with van der Waals surface area (Å²) in [5.41, 5.74) is 0. The molecular weight excluding hydrogens is 178 g/mol. The van der Waals surface area contributed by atoms with Crippen LogP contribution in [0.5, 0.6) is 0 Å². The smallest absolute Gasteiger partial charge is 0.135 e. The zero-order valence-corrected chi connectivity index (χ0v) is 8.77. The summed E-state index contributed by atoms with van der Waals surface area (Å²) in [6, 6.07) is 0. The largest absolute Gasteiger partial charge is 0.396 e. The van der Waals surface area contributed by atoms with Crippen LogP contribution in [-0.2, 0) is 13.0 Å². The minimum Gasteiger partial charge on any atom is -0.396 e. The molecule has 1 aromatic heterocycles. The van der Waals surface area contributed by atoms with E-state index >= 15 is 0 Å². The molecule has 0 spiro atoms. The Hall–Kier alpha value is -0.900. The third kappa shape index (κ3) is 1.54. The van der Waals surface area contributed by atoms with Gasteiger partial charge in [-0.05, 0) is 6.42 Å². The van der Waals surface area contributed by atoms with Crippen LogP contribution in [0, 0.1) is 5.92 Å². The van der Waals surface area contributed by atoms with Gasteiger partial charge in [0.05, 0.1) is 0 Å². The van der Waals surface area contributed by atoms with Crippen LogP contribution < -0.4 is 0 Å². The van der Waals surface area contributed by atoms with Crippen molar-refractivity contribution in [2.45, 2.75) is 39.2 Å². The van der Waals surface area contributed by atoms with Crippen LogP contribution in [0.15, 0.2) is 0 Å². The summed E-state index contributed by atoms with van der Waals surface area (Å²) in [6.45, 7) is 5.40. The molecule has 0 bridgehead atoms. The highest BCUT2D eigenvalue weighted by molar-refractivity contribution is 5.03. The van der Waals surface area contributed by atoms with Crippen LogP contribution >= 0.6 is 0 Å². The molecule has 0 saturated carbocycles. The van der Waals surface area contributed by atoms with Crippen LogP contribution in [-0.4, -0.2) is 26.5 Å². The van der Waals surface area contributed by atoms with Crippen LogP contribution in [0.1, 0.15) is 37.8 Å². The summed E-state index contributed by atoms with van der Waals surface area (Å²) in [6.07, 6.45) is 1.98. The second-order valence-corrected chi connectivity index (χ2v) is 4.33. The van der Waals surface area contributed by atoms with E-state index in [0.29, 0.717) is 11.8 Å². The zero-order valence-electron chi connectivity index (χ0n) is 8.77. The molecule has 0 fully saturated rings. The lowest BCUT2D eigenvalue weighted by Gasteiger charge is -2.23. The van der Waals surface area contributed by atoms with Gasteiger partial charge in [-0.15, -0.1) is 10.2 Å². The first-order chi connectivity index (χ1) is 6.72. The molecule has 2 heterocycles. The van der Waals surface area contributed by atoms with Crippen molar-refractivity contribution in [2.75, 3.05) is 6.61 Å². The standard InChI is InChI=1S/C10H17N3O/c1-7(2)10-12-11-9-4-3-8(6-14)5-13(9)10/h7-8,14H,3-6H2,1-2H3. The zero-order chi connectivity index (χ0) is 10.1. The maximum absolute atomic E-state index is 9.13. The molecule has 0 radical (unpaired) electrons. The van der Waals surface area contributed by atoms with Crippen molar-refractivity contribution in [2.24, 2.45) is 5.92 Å². The molecule has 0 aromatic carbocycles. The van der Waals surface area contributed by atoms with Crippen molar-refractivity contribution in [3.63, 3.8) is 0 Å². The molecular formula is C10H17N3O. The van der Waals surface area contributed by atoms with E-state index in [4.69, 9.17) is 5.11 Å². The average molecular weight is 195 g/mol. The molecule has 4 heteroatoms. The summed E-state index contributed by atoms with van der Waals surface area (Å²) in [5, 5.41) is 17.5. The molecule has 1 aliphatic heterocycles. The summed E-state index contributed by atoms with van der Waals surface area (Å²) < 4.78 is 2.18. The van der Waals surface area contributed by atoms with Crippen molar-refractivity contribution in [3.8, 4) is 0 Å². The number of rotatable bonds is 2. The topological polar surface area (TPSA) is 50.9 Å². The minimum absolute atomic E-state index is 0.273. The number of aromatic nitrogens is 3. The van der Waals surface area contributed by atoms with Gasteiger partial charge in [0.15, 0.2) is 0 Å². The Labute approximate surface area is 84.0 Å². The van der Waals surface area contributed by atoms with Crippen molar-refractivity contribution >= 4 is 0 Å². The lowest BCUT2D eigenvalue weighted by Crippen LogP contribution is -2.24. The van der Waals surface area contributed by atoms with E-state index in [1.807, 2.05) is 0 Å². The number of aliphatic hydroxyl groups is 1. The Morgan fingerprint density at radius 3 is 2.93 bits per heavy atom. The molecule has 1 N–H and O–H groups in total. The van der Waals surface area contributed by atoms with E-state index in [9.17, 15) is 0 Å². The summed E-state index contributed by atoms with van der Waals surface area (Å²) in [7, 11) is 0. The highest BCUT2D eigenvalue weighted by atomic mass is 16.3. The molecule has 0 aliphatic carbocycles. The van der Waals surface area contributed by atoms with Gasteiger partial charge in [-0.2, -0.15) is 0 Å². The Morgan fingerprint density at radius 1 is 1.50 bits per heavy atom. The monoisotopic (exact) mass is 195 g/mol. The molecule has 0 amide bonds. The van der Waals surface area contributed by atoms with Crippen molar-refractivity contribution < 1.29 is 5.11 Å². The predicted molar refractivity (Wildman–Crippen MR) is 53.0 cm³/mol. The normalized spacial score (nSPS) is 21.3. The number of aryl methyl sites for hydroxylation is 1. The number of nitrogens with zero attached hydrogens (tertiary/aromatic N) is 3. The maximum Gasteiger partial charge on any atom is 0.135 e. The Kier molecular flexibility index (Phi) is 2.54. The SMILES string of the molecule is CC(C)c1nnc2n1CC(CO)CC2. The third-order valence-electron chi connectivity index (χ3n) is 2.85. The Balaban J connectivity index is 2.28. The van der Waals surface area contributed by atoms with Crippen LogP contribution in [0.2, 0.25) is 0 Å². The van der Waals surface area contributed by atoms with E-state index in [-0.39, 0.29) is 6.61 Å². The number of fused-ring (bicyclic) bond motifs is 1. The molecule has 2 rings (SSSR count). The van der Waals surface area contributed by atoms with Gasteiger partial charge in [0.2, 0.25) is 0 Å². The summed E-state index contributed by atoms with van der Waals surface area (Å²) in [4.78, 5) is 0. The summed E-state index contributed by atoms with van der Waals surface area (Å²) >= 11 is 0. The van der Waals surface area contributed by atoms with E-state index in [2.05, 4.69) is 28.6 Å². The van der Waals surface area contributed by atoms with Gasteiger partial charge in [-0.1, -0.05) is 13.8 Å². The van der Waals surface area contributed by atoms with Gasteiger partial charge in [-0.3, -0.25) is 0 Å². The first-order valence-electron chi connectivity index (χ1n) is 5.25. The van der Waals surface area contributed by atoms with Gasteiger partial charge in [-0.25, -0.2) is 0 Å². The molecule has 14 heavy (non-hydrogen) atoms. The first-order valence-corrected chi connectivity index (χ1v) is 5.25. The fraction of sp³-hybridized carbons (Fsp3) is 0.800. The predicted octanol–water partition coefficient (Wildman–Crippen LogP) is 0.956. The van der Waals surface area contributed by atoms with Gasteiger partial charge < -0.3 is 9.67 Å². The minimum atomic E-state index is 0.273. The summed E-state index contributed by atoms with van der Waals surface area (Å²) in [5.74, 6) is 2.93. The number of hydrogen-bond donors (Lipinski definition) is 1. The van der Waals surface area contributed by atoms with Crippen molar-refractivity contribution in [1.29, 1.82) is 0 Å². The second kappa shape index (κ2) is 3.69. The molecule has 1 atom stereocenters. The first kappa shape index (κ1) is 9.65. The lowest BCUT2D eigenvalue weighted by molar-refractivity contribution is 0.189. The van der Waals surface area contributed by atoms with Crippen molar-refractivity contribution in [1.82, 2.24) is 14.8 Å². The highest BCUT2D eigenvalue weighted by Gasteiger charge is 2.23. The lowest BCUT2D eigenvalue weighted by atomic mass is 10.00. The van der Waals surface area contributed by atoms with Gasteiger partial charge in [0.1, 0.15) is 11.6 Å². The van der Waals surface area contributed by atoms with Gasteiger partial charge in [0, 0.05) is 31.4 Å². The molecule has 78 valence electrons. The van der Waals surface area contributed by atoms with E-state index < -0.39 is 0 Å². The third-order valence-corrected chi connectivity index (χ3v) is 2.85. The van der Waals surface area contributed by atoms with Gasteiger partial charge in [0.25, 0.3) is 0 Å². The van der Waals surface area contributed by atoms with E-state index in [1.54, 1.807) is 0 Å². The number of aliphatic hydroxyl groups excluding tert-OH is 1. The Bertz CT molecular complexity index is 319. The van der Waals surface area contributed by atoms with Crippen molar-refractivity contribution in [3.05, 3.63) is 11.6 Å². The maximum atomic E-state index is 9.13. The van der Waals surface area contributed by atoms with Gasteiger partial charge >= 0.3 is 0 Å². The number of hydrogen-bond acceptors (Lipinski definition) is 3. The average Bonchev–Trinajstić information content (AvgIpc) is 2.59. The highest BCUT2D eigenvalue weighted by Crippen LogP contribution is 2.22. The second-order valence-electron chi connectivity index (χ2n) is 4.33. The van der Waals surface area contributed by atoms with Crippen LogP contribution in [0.4, 0.5) is 0 Å². The molecule has 1 unspecified atom stereocenters.